The molecule has 0 atom stereocenters. The van der Waals surface area contributed by atoms with Crippen molar-refractivity contribution in [3.8, 4) is 11.5 Å². The molecule has 6 nitrogen and oxygen atoms in total. The fourth-order valence-corrected chi connectivity index (χ4v) is 4.90. The quantitative estimate of drug-likeness (QED) is 0.526. The third kappa shape index (κ3) is 4.88. The van der Waals surface area contributed by atoms with Crippen LogP contribution in [0, 0.1) is 0 Å². The van der Waals surface area contributed by atoms with Crippen LogP contribution in [0.4, 0.5) is 10.7 Å². The largest absolute Gasteiger partial charge is 0.492 e. The van der Waals surface area contributed by atoms with Crippen molar-refractivity contribution in [1.29, 1.82) is 0 Å². The van der Waals surface area contributed by atoms with Gasteiger partial charge in [0, 0.05) is 4.88 Å². The number of ether oxygens (including phenoxy) is 2. The molecule has 0 saturated heterocycles. The Labute approximate surface area is 185 Å². The van der Waals surface area contributed by atoms with Gasteiger partial charge in [-0.2, -0.15) is 0 Å². The van der Waals surface area contributed by atoms with Crippen LogP contribution in [-0.4, -0.2) is 25.0 Å². The van der Waals surface area contributed by atoms with Crippen molar-refractivity contribution >= 4 is 33.8 Å². The molecule has 0 aliphatic heterocycles. The summed E-state index contributed by atoms with van der Waals surface area (Å²) in [7, 11) is 0. The molecule has 0 radical (unpaired) electrons. The van der Waals surface area contributed by atoms with Crippen LogP contribution in [0.1, 0.15) is 34.1 Å². The summed E-state index contributed by atoms with van der Waals surface area (Å²) in [6.45, 7) is 2.28. The molecule has 0 fully saturated rings. The topological polar surface area (TPSA) is 76.7 Å². The van der Waals surface area contributed by atoms with Crippen molar-refractivity contribution in [3.05, 3.63) is 70.6 Å². The number of carbonyl (C=O) groups excluding carboxylic acids is 2. The highest BCUT2D eigenvalue weighted by molar-refractivity contribution is 7.17. The van der Waals surface area contributed by atoms with E-state index < -0.39 is 0 Å². The Morgan fingerprint density at radius 3 is 2.55 bits per heavy atom. The number of thiophene rings is 1. The summed E-state index contributed by atoms with van der Waals surface area (Å²) in [6.07, 6.45) is 2.77. The highest BCUT2D eigenvalue weighted by Gasteiger charge is 2.28. The molecule has 31 heavy (non-hydrogen) atoms. The van der Waals surface area contributed by atoms with Crippen LogP contribution in [0.3, 0.4) is 0 Å². The number of amides is 2. The van der Waals surface area contributed by atoms with E-state index in [1.807, 2.05) is 43.3 Å². The summed E-state index contributed by atoms with van der Waals surface area (Å²) in [5.41, 5.74) is 2.17. The second-order valence-electron chi connectivity index (χ2n) is 7.09. The normalized spacial score (nSPS) is 12.2. The SMILES string of the molecule is CCOc1ccccc1NC(=O)c1c(NC(=O)COc2ccccc2)sc2c1CCC2. The number of anilines is 2. The molecular formula is C24H24N2O4S. The van der Waals surface area contributed by atoms with Gasteiger partial charge in [0.2, 0.25) is 0 Å². The number of benzene rings is 2. The lowest BCUT2D eigenvalue weighted by atomic mass is 10.1. The van der Waals surface area contributed by atoms with Gasteiger partial charge in [-0.3, -0.25) is 9.59 Å². The minimum absolute atomic E-state index is 0.124. The first kappa shape index (κ1) is 20.9. The van der Waals surface area contributed by atoms with Gasteiger partial charge in [0.05, 0.1) is 17.9 Å². The first-order valence-corrected chi connectivity index (χ1v) is 11.1. The number of nitrogens with one attached hydrogen (secondary N) is 2. The van der Waals surface area contributed by atoms with E-state index in [-0.39, 0.29) is 18.4 Å². The molecule has 0 bridgehead atoms. The molecule has 2 aromatic carbocycles. The molecule has 3 aromatic rings. The van der Waals surface area contributed by atoms with Gasteiger partial charge in [0.1, 0.15) is 16.5 Å². The van der Waals surface area contributed by atoms with E-state index in [2.05, 4.69) is 10.6 Å². The number of carbonyl (C=O) groups is 2. The zero-order chi connectivity index (χ0) is 21.6. The number of aryl methyl sites for hydroxylation is 1. The standard InChI is InChI=1S/C24H24N2O4S/c1-2-29-19-13-7-6-12-18(19)25-23(28)22-17-11-8-14-20(17)31-24(22)26-21(27)15-30-16-9-4-3-5-10-16/h3-7,9-10,12-13H,2,8,11,14-15H2,1H3,(H,25,28)(H,26,27). The van der Waals surface area contributed by atoms with Gasteiger partial charge in [0.15, 0.2) is 6.61 Å². The molecule has 4 rings (SSSR count). The van der Waals surface area contributed by atoms with E-state index in [0.717, 1.165) is 29.7 Å². The number of fused-ring (bicyclic) bond motifs is 1. The Morgan fingerprint density at radius 2 is 1.74 bits per heavy atom. The summed E-state index contributed by atoms with van der Waals surface area (Å²) in [4.78, 5) is 26.9. The van der Waals surface area contributed by atoms with E-state index >= 15 is 0 Å². The van der Waals surface area contributed by atoms with Gasteiger partial charge in [-0.15, -0.1) is 11.3 Å². The van der Waals surface area contributed by atoms with Crippen LogP contribution < -0.4 is 20.1 Å². The molecule has 2 amide bonds. The van der Waals surface area contributed by atoms with Crippen molar-refractivity contribution in [2.75, 3.05) is 23.8 Å². The summed E-state index contributed by atoms with van der Waals surface area (Å²) in [6, 6.07) is 16.5. The predicted octanol–water partition coefficient (Wildman–Crippen LogP) is 4.91. The smallest absolute Gasteiger partial charge is 0.262 e. The fraction of sp³-hybridized carbons (Fsp3) is 0.250. The molecule has 2 N–H and O–H groups in total. The highest BCUT2D eigenvalue weighted by Crippen LogP contribution is 2.40. The van der Waals surface area contributed by atoms with Gasteiger partial charge in [0.25, 0.3) is 11.8 Å². The fourth-order valence-electron chi connectivity index (χ4n) is 3.60. The second-order valence-corrected chi connectivity index (χ2v) is 8.20. The van der Waals surface area contributed by atoms with Gasteiger partial charge >= 0.3 is 0 Å². The molecule has 0 spiro atoms. The third-order valence-electron chi connectivity index (χ3n) is 4.95. The molecule has 160 valence electrons. The first-order chi connectivity index (χ1) is 15.2. The molecule has 1 aliphatic carbocycles. The Balaban J connectivity index is 1.51. The molecule has 1 aromatic heterocycles. The average Bonchev–Trinajstić information content (AvgIpc) is 3.35. The lowest BCUT2D eigenvalue weighted by molar-refractivity contribution is -0.118. The molecule has 1 aliphatic rings. The summed E-state index contributed by atoms with van der Waals surface area (Å²) in [5.74, 6) is 0.697. The van der Waals surface area contributed by atoms with Crippen molar-refractivity contribution in [2.45, 2.75) is 26.2 Å². The van der Waals surface area contributed by atoms with E-state index in [1.54, 1.807) is 18.2 Å². The lowest BCUT2D eigenvalue weighted by Gasteiger charge is -2.13. The van der Waals surface area contributed by atoms with Crippen molar-refractivity contribution in [1.82, 2.24) is 0 Å². The minimum atomic E-state index is -0.299. The predicted molar refractivity (Wildman–Crippen MR) is 122 cm³/mol. The van der Waals surface area contributed by atoms with Gasteiger partial charge in [-0.1, -0.05) is 30.3 Å². The van der Waals surface area contributed by atoms with E-state index in [1.165, 1.54) is 11.3 Å². The number of para-hydroxylation sites is 3. The molecule has 0 saturated carbocycles. The van der Waals surface area contributed by atoms with Gasteiger partial charge < -0.3 is 20.1 Å². The Hall–Kier alpha value is -3.32. The number of hydrogen-bond acceptors (Lipinski definition) is 5. The van der Waals surface area contributed by atoms with Crippen molar-refractivity contribution < 1.29 is 19.1 Å². The Bertz CT molecular complexity index is 1080. The third-order valence-corrected chi connectivity index (χ3v) is 6.16. The zero-order valence-corrected chi connectivity index (χ0v) is 18.1. The van der Waals surface area contributed by atoms with Gasteiger partial charge in [-0.25, -0.2) is 0 Å². The summed E-state index contributed by atoms with van der Waals surface area (Å²) in [5, 5.41) is 6.41. The Kier molecular flexibility index (Phi) is 6.52. The van der Waals surface area contributed by atoms with Crippen LogP contribution >= 0.6 is 11.3 Å². The zero-order valence-electron chi connectivity index (χ0n) is 17.3. The lowest BCUT2D eigenvalue weighted by Crippen LogP contribution is -2.22. The minimum Gasteiger partial charge on any atom is -0.492 e. The molecule has 7 heteroatoms. The highest BCUT2D eigenvalue weighted by atomic mass is 32.1. The van der Waals surface area contributed by atoms with Crippen molar-refractivity contribution in [3.63, 3.8) is 0 Å². The monoisotopic (exact) mass is 436 g/mol. The van der Waals surface area contributed by atoms with Crippen LogP contribution in [0.2, 0.25) is 0 Å². The first-order valence-electron chi connectivity index (χ1n) is 10.3. The number of rotatable bonds is 8. The maximum absolute atomic E-state index is 13.2. The summed E-state index contributed by atoms with van der Waals surface area (Å²) >= 11 is 1.47. The van der Waals surface area contributed by atoms with Crippen LogP contribution in [0.15, 0.2) is 54.6 Å². The van der Waals surface area contributed by atoms with Crippen molar-refractivity contribution in [2.24, 2.45) is 0 Å². The van der Waals surface area contributed by atoms with Crippen LogP contribution in [0.5, 0.6) is 11.5 Å². The van der Waals surface area contributed by atoms with Crippen LogP contribution in [0.25, 0.3) is 0 Å². The maximum Gasteiger partial charge on any atom is 0.262 e. The maximum atomic E-state index is 13.2. The van der Waals surface area contributed by atoms with Gasteiger partial charge in [-0.05, 0) is 56.0 Å². The molecular weight excluding hydrogens is 412 g/mol. The Morgan fingerprint density at radius 1 is 0.968 bits per heavy atom. The molecule has 0 unspecified atom stereocenters. The second kappa shape index (κ2) is 9.66. The summed E-state index contributed by atoms with van der Waals surface area (Å²) < 4.78 is 11.1. The van der Waals surface area contributed by atoms with Crippen LogP contribution in [-0.2, 0) is 17.6 Å². The van der Waals surface area contributed by atoms with E-state index in [9.17, 15) is 9.59 Å². The average molecular weight is 437 g/mol. The van der Waals surface area contributed by atoms with E-state index in [4.69, 9.17) is 9.47 Å². The molecule has 1 heterocycles. The number of hydrogen-bond donors (Lipinski definition) is 2. The van der Waals surface area contributed by atoms with E-state index in [0.29, 0.717) is 34.4 Å².